The Morgan fingerprint density at radius 3 is 2.58 bits per heavy atom. The number of ether oxygens (including phenoxy) is 1. The molecule has 2 aliphatic rings. The molecule has 1 amide bonds. The van der Waals surface area contributed by atoms with E-state index in [2.05, 4.69) is 30.6 Å². The van der Waals surface area contributed by atoms with Crippen LogP contribution in [-0.2, 0) is 12.7 Å². The number of pyridine rings is 1. The van der Waals surface area contributed by atoms with Gasteiger partial charge in [0.25, 0.3) is 5.91 Å². The Morgan fingerprint density at radius 1 is 1.07 bits per heavy atom. The largest absolute Gasteiger partial charge is 0.494 e. The maximum absolute atomic E-state index is 14.0. The van der Waals surface area contributed by atoms with E-state index in [1.165, 1.54) is 7.11 Å². The normalized spacial score (nSPS) is 16.4. The van der Waals surface area contributed by atoms with Crippen LogP contribution >= 0.6 is 0 Å². The zero-order chi connectivity index (χ0) is 31.9. The van der Waals surface area contributed by atoms with Gasteiger partial charge in [-0.3, -0.25) is 19.7 Å². The van der Waals surface area contributed by atoms with E-state index in [1.54, 1.807) is 29.4 Å². The minimum atomic E-state index is -4.60. The molecule has 13 heteroatoms. The number of hydrogen-bond donors (Lipinski definition) is 3. The maximum Gasteiger partial charge on any atom is 0.416 e. The molecule has 4 aromatic rings. The summed E-state index contributed by atoms with van der Waals surface area (Å²) in [7, 11) is 5.29. The van der Waals surface area contributed by atoms with Gasteiger partial charge in [-0.25, -0.2) is 4.98 Å². The van der Waals surface area contributed by atoms with Crippen LogP contribution in [0.15, 0.2) is 61.1 Å². The highest BCUT2D eigenvalue weighted by Crippen LogP contribution is 2.39. The Bertz CT molecular complexity index is 1760. The van der Waals surface area contributed by atoms with Crippen LogP contribution in [0.1, 0.15) is 32.6 Å². The summed E-state index contributed by atoms with van der Waals surface area (Å²) in [5.41, 5.74) is 7.17. The van der Waals surface area contributed by atoms with Crippen molar-refractivity contribution in [2.24, 2.45) is 0 Å². The van der Waals surface area contributed by atoms with Crippen LogP contribution in [0.5, 0.6) is 5.75 Å². The summed E-state index contributed by atoms with van der Waals surface area (Å²) >= 11 is 0. The number of alkyl halides is 3. The molecule has 0 unspecified atom stereocenters. The highest BCUT2D eigenvalue weighted by molar-refractivity contribution is 6.06. The van der Waals surface area contributed by atoms with Crippen LogP contribution < -0.4 is 20.6 Å². The molecule has 1 fully saturated rings. The van der Waals surface area contributed by atoms with Crippen molar-refractivity contribution in [1.29, 1.82) is 0 Å². The predicted molar refractivity (Wildman–Crippen MR) is 167 cm³/mol. The standard InChI is InChI=1S/C32H35F3N8O2/c1-20-5-6-22(15-27(20)43-19-28(41(3)39-43)23-13-21-7-8-36-30(21)37-17-23)31(44)38-26-16-25(32(33,34)35)14-24(29(26)45-4)18-42-11-9-40(2)10-12-42/h5-8,13-17,19,39H,9-12,18H2,1-4H3,(H,36,37)(H,38,44). The van der Waals surface area contributed by atoms with Gasteiger partial charge >= 0.3 is 6.18 Å². The molecule has 2 aliphatic heterocycles. The van der Waals surface area contributed by atoms with Crippen molar-refractivity contribution in [3.8, 4) is 5.75 Å². The predicted octanol–water partition coefficient (Wildman–Crippen LogP) is 5.07. The Labute approximate surface area is 259 Å². The lowest BCUT2D eigenvalue weighted by Crippen LogP contribution is -2.43. The van der Waals surface area contributed by atoms with Crippen molar-refractivity contribution in [3.05, 3.63) is 88.9 Å². The van der Waals surface area contributed by atoms with Crippen molar-refractivity contribution in [2.75, 3.05) is 57.7 Å². The lowest BCUT2D eigenvalue weighted by molar-refractivity contribution is -0.137. The first-order chi connectivity index (χ1) is 21.5. The SMILES string of the molecule is COc1c(CN2CCN(C)CC2)cc(C(F)(F)F)cc1NC(=O)c1ccc(C)c(N2C=C(c3cnc4[nH]ccc4c3)N(C)N2)c1. The number of hydrogen-bond acceptors (Lipinski definition) is 8. The van der Waals surface area contributed by atoms with E-state index in [1.807, 2.05) is 50.6 Å². The van der Waals surface area contributed by atoms with Crippen molar-refractivity contribution < 1.29 is 22.7 Å². The van der Waals surface area contributed by atoms with E-state index in [-0.39, 0.29) is 23.5 Å². The number of piperazine rings is 1. The Morgan fingerprint density at radius 2 is 1.84 bits per heavy atom. The molecule has 0 aliphatic carbocycles. The molecule has 236 valence electrons. The lowest BCUT2D eigenvalue weighted by atomic mass is 10.0. The monoisotopic (exact) mass is 620 g/mol. The molecule has 4 heterocycles. The number of carbonyl (C=O) groups is 1. The Hall–Kier alpha value is -4.59. The van der Waals surface area contributed by atoms with Crippen molar-refractivity contribution in [1.82, 2.24) is 30.3 Å². The molecule has 3 N–H and O–H groups in total. The number of likely N-dealkylation sites (N-methyl/N-ethyl adjacent to an activating group) is 1. The molecule has 0 bridgehead atoms. The van der Waals surface area contributed by atoms with Crippen LogP contribution in [0, 0.1) is 6.92 Å². The van der Waals surface area contributed by atoms with E-state index >= 15 is 0 Å². The molecule has 1 saturated heterocycles. The van der Waals surface area contributed by atoms with Crippen LogP contribution in [0.3, 0.4) is 0 Å². The highest BCUT2D eigenvalue weighted by atomic mass is 19.4. The number of fused-ring (bicyclic) bond motifs is 1. The molecule has 0 atom stereocenters. The first-order valence-electron chi connectivity index (χ1n) is 14.6. The summed E-state index contributed by atoms with van der Waals surface area (Å²) in [5, 5.41) is 7.32. The number of aromatic amines is 1. The van der Waals surface area contributed by atoms with Gasteiger partial charge in [0, 0.05) is 80.4 Å². The molecular weight excluding hydrogens is 585 g/mol. The first-order valence-corrected chi connectivity index (χ1v) is 14.6. The molecule has 10 nitrogen and oxygen atoms in total. The third-order valence-electron chi connectivity index (χ3n) is 8.23. The van der Waals surface area contributed by atoms with Crippen molar-refractivity contribution in [3.63, 3.8) is 0 Å². The average molecular weight is 621 g/mol. The number of rotatable bonds is 7. The quantitative estimate of drug-likeness (QED) is 0.264. The lowest BCUT2D eigenvalue weighted by Gasteiger charge is -2.33. The molecule has 6 rings (SSSR count). The zero-order valence-electron chi connectivity index (χ0n) is 25.5. The van der Waals surface area contributed by atoms with Gasteiger partial charge in [0.1, 0.15) is 11.4 Å². The third-order valence-corrected chi connectivity index (χ3v) is 8.23. The number of aromatic nitrogens is 2. The second-order valence-corrected chi connectivity index (χ2v) is 11.4. The van der Waals surface area contributed by atoms with Crippen molar-refractivity contribution >= 4 is 34.0 Å². The number of aryl methyl sites for hydroxylation is 1. The Balaban J connectivity index is 1.28. The third kappa shape index (κ3) is 6.32. The van der Waals surface area contributed by atoms with E-state index in [0.717, 1.165) is 66.2 Å². The second-order valence-electron chi connectivity index (χ2n) is 11.4. The number of amides is 1. The van der Waals surface area contributed by atoms with Gasteiger partial charge < -0.3 is 19.9 Å². The minimum absolute atomic E-state index is 0.0301. The molecule has 2 aromatic heterocycles. The average Bonchev–Trinajstić information content (AvgIpc) is 3.64. The number of methoxy groups -OCH3 is 1. The summed E-state index contributed by atoms with van der Waals surface area (Å²) in [4.78, 5) is 25.4. The highest BCUT2D eigenvalue weighted by Gasteiger charge is 2.33. The summed E-state index contributed by atoms with van der Waals surface area (Å²) in [6.07, 6.45) is 0.920. The van der Waals surface area contributed by atoms with Gasteiger partial charge in [-0.15, -0.1) is 5.53 Å². The molecule has 0 saturated carbocycles. The maximum atomic E-state index is 14.0. The van der Waals surface area contributed by atoms with Crippen molar-refractivity contribution in [2.45, 2.75) is 19.6 Å². The molecule has 0 radical (unpaired) electrons. The first kappa shape index (κ1) is 30.4. The molecule has 0 spiro atoms. The number of anilines is 2. The topological polar surface area (TPSA) is 92.0 Å². The molecule has 45 heavy (non-hydrogen) atoms. The van der Waals surface area contributed by atoms with E-state index < -0.39 is 17.6 Å². The Kier molecular flexibility index (Phi) is 8.16. The van der Waals surface area contributed by atoms with Crippen LogP contribution in [-0.4, -0.2) is 78.1 Å². The summed E-state index contributed by atoms with van der Waals surface area (Å²) in [6.45, 7) is 5.26. The number of hydrazine groups is 2. The van der Waals surface area contributed by atoms with Gasteiger partial charge in [0.2, 0.25) is 0 Å². The number of H-pyrrole nitrogens is 1. The van der Waals surface area contributed by atoms with Crippen LogP contribution in [0.2, 0.25) is 0 Å². The number of nitrogens with one attached hydrogen (secondary N) is 3. The van der Waals surface area contributed by atoms with Gasteiger partial charge in [-0.2, -0.15) is 13.2 Å². The van der Waals surface area contributed by atoms with Gasteiger partial charge in [0.15, 0.2) is 0 Å². The fraction of sp³-hybridized carbons (Fsp3) is 0.312. The van der Waals surface area contributed by atoms with E-state index in [9.17, 15) is 18.0 Å². The second kappa shape index (κ2) is 12.1. The summed E-state index contributed by atoms with van der Waals surface area (Å²) < 4.78 is 47.6. The van der Waals surface area contributed by atoms with Crippen LogP contribution in [0.25, 0.3) is 16.7 Å². The number of carbonyl (C=O) groups excluding carboxylic acids is 1. The van der Waals surface area contributed by atoms with E-state index in [0.29, 0.717) is 11.3 Å². The fourth-order valence-corrected chi connectivity index (χ4v) is 5.68. The summed E-state index contributed by atoms with van der Waals surface area (Å²) in [6, 6.07) is 11.2. The van der Waals surface area contributed by atoms with Gasteiger partial charge in [-0.1, -0.05) is 6.07 Å². The van der Waals surface area contributed by atoms with Gasteiger partial charge in [0.05, 0.1) is 29.7 Å². The number of nitrogens with zero attached hydrogens (tertiary/aromatic N) is 5. The molecule has 2 aromatic carbocycles. The number of benzene rings is 2. The van der Waals surface area contributed by atoms with Gasteiger partial charge in [-0.05, 0) is 55.9 Å². The smallest absolute Gasteiger partial charge is 0.416 e. The summed E-state index contributed by atoms with van der Waals surface area (Å²) in [5.74, 6) is -0.343. The molecular formula is C32H35F3N8O2. The fourth-order valence-electron chi connectivity index (χ4n) is 5.68. The minimum Gasteiger partial charge on any atom is -0.494 e. The number of halogens is 3. The zero-order valence-corrected chi connectivity index (χ0v) is 25.5. The van der Waals surface area contributed by atoms with Crippen LogP contribution in [0.4, 0.5) is 24.5 Å². The van der Waals surface area contributed by atoms with E-state index in [4.69, 9.17) is 4.74 Å².